The molecule has 0 aliphatic rings. The molecule has 2 heterocycles. The molecule has 0 atom stereocenters. The zero-order chi connectivity index (χ0) is 20.4. The molecule has 0 aliphatic heterocycles. The van der Waals surface area contributed by atoms with Crippen molar-refractivity contribution in [3.8, 4) is 0 Å². The molecule has 0 radical (unpaired) electrons. The van der Waals surface area contributed by atoms with Gasteiger partial charge in [-0.3, -0.25) is 0 Å². The summed E-state index contributed by atoms with van der Waals surface area (Å²) in [6, 6.07) is 3.63. The molecule has 0 aromatic carbocycles. The first-order valence-corrected chi connectivity index (χ1v) is 10.9. The van der Waals surface area contributed by atoms with Gasteiger partial charge in [0.2, 0.25) is 0 Å². The Morgan fingerprint density at radius 3 is 2.79 bits per heavy atom. The van der Waals surface area contributed by atoms with Gasteiger partial charge in [-0.15, -0.1) is 11.3 Å². The zero-order valence-electron chi connectivity index (χ0n) is 17.0. The van der Waals surface area contributed by atoms with Crippen molar-refractivity contribution in [3.63, 3.8) is 0 Å². The quantitative estimate of drug-likeness (QED) is 0.248. The summed E-state index contributed by atoms with van der Waals surface area (Å²) >= 11 is 7.44. The van der Waals surface area contributed by atoms with Gasteiger partial charge >= 0.3 is 0 Å². The largest absolute Gasteiger partial charge is 0.493 e. The standard InChI is InChI=1S/C22H28ClN3OS/c1-5-8-13-27-21(16(4)9-6-2)18(10-7-3)19-15-28-22(25-19)26-20-12-11-17(23)14-24-20/h7,9-12,14-15H,5-6,8,13H2,1-4H3,(H,24,25,26)/b10-7-,16-9+,21-18-. The predicted molar refractivity (Wildman–Crippen MR) is 121 cm³/mol. The third-order valence-corrected chi connectivity index (χ3v) is 4.91. The molecule has 0 saturated heterocycles. The Hall–Kier alpha value is -2.11. The van der Waals surface area contributed by atoms with Crippen LogP contribution < -0.4 is 5.32 Å². The molecule has 0 saturated carbocycles. The van der Waals surface area contributed by atoms with Crippen molar-refractivity contribution >= 4 is 39.5 Å². The number of hydrogen-bond donors (Lipinski definition) is 1. The summed E-state index contributed by atoms with van der Waals surface area (Å²) in [4.78, 5) is 9.02. The Bertz CT molecular complexity index is 838. The number of pyridine rings is 1. The molecule has 0 amide bonds. The van der Waals surface area contributed by atoms with Crippen molar-refractivity contribution in [1.29, 1.82) is 0 Å². The average Bonchev–Trinajstić information content (AvgIpc) is 3.14. The molecule has 0 aliphatic carbocycles. The van der Waals surface area contributed by atoms with Gasteiger partial charge in [-0.25, -0.2) is 9.97 Å². The van der Waals surface area contributed by atoms with E-state index < -0.39 is 0 Å². The van der Waals surface area contributed by atoms with E-state index in [4.69, 9.17) is 21.3 Å². The van der Waals surface area contributed by atoms with Gasteiger partial charge in [0.05, 0.1) is 17.3 Å². The molecular weight excluding hydrogens is 390 g/mol. The second-order valence-electron chi connectivity index (χ2n) is 6.26. The Morgan fingerprint density at radius 1 is 1.32 bits per heavy atom. The first kappa shape index (κ1) is 22.2. The number of thiazole rings is 1. The maximum atomic E-state index is 6.18. The van der Waals surface area contributed by atoms with Crippen molar-refractivity contribution in [2.24, 2.45) is 0 Å². The van der Waals surface area contributed by atoms with Gasteiger partial charge in [0.15, 0.2) is 5.13 Å². The van der Waals surface area contributed by atoms with Gasteiger partial charge in [-0.2, -0.15) is 0 Å². The van der Waals surface area contributed by atoms with E-state index in [1.54, 1.807) is 12.3 Å². The summed E-state index contributed by atoms with van der Waals surface area (Å²) < 4.78 is 6.18. The number of aromatic nitrogens is 2. The third kappa shape index (κ3) is 6.50. The monoisotopic (exact) mass is 417 g/mol. The number of halogens is 1. The Balaban J connectivity index is 2.36. The molecule has 0 unspecified atom stereocenters. The summed E-state index contributed by atoms with van der Waals surface area (Å²) in [6.45, 7) is 9.10. The smallest absolute Gasteiger partial charge is 0.188 e. The van der Waals surface area contributed by atoms with Gasteiger partial charge in [0.25, 0.3) is 0 Å². The Morgan fingerprint density at radius 2 is 2.14 bits per heavy atom. The number of ether oxygens (including phenoxy) is 1. The SMILES string of the molecule is C\C=C/C(=C(OCCCC)\C(C)=C\CC)c1csc(Nc2ccc(Cl)cn2)n1. The fraction of sp³-hybridized carbons (Fsp3) is 0.364. The van der Waals surface area contributed by atoms with E-state index >= 15 is 0 Å². The van der Waals surface area contributed by atoms with Crippen LogP contribution in [0.25, 0.3) is 5.57 Å². The summed E-state index contributed by atoms with van der Waals surface area (Å²) in [6.07, 6.45) is 11.0. The molecule has 28 heavy (non-hydrogen) atoms. The maximum Gasteiger partial charge on any atom is 0.188 e. The van der Waals surface area contributed by atoms with E-state index in [1.807, 2.05) is 24.4 Å². The molecule has 0 spiro atoms. The lowest BCUT2D eigenvalue weighted by atomic mass is 10.1. The minimum Gasteiger partial charge on any atom is -0.493 e. The van der Waals surface area contributed by atoms with Gasteiger partial charge in [-0.05, 0) is 44.4 Å². The number of anilines is 2. The fourth-order valence-corrected chi connectivity index (χ4v) is 3.41. The van der Waals surface area contributed by atoms with Crippen molar-refractivity contribution in [2.75, 3.05) is 11.9 Å². The van der Waals surface area contributed by atoms with Crippen molar-refractivity contribution in [3.05, 3.63) is 64.0 Å². The highest BCUT2D eigenvalue weighted by Crippen LogP contribution is 2.30. The molecule has 0 fully saturated rings. The van der Waals surface area contributed by atoms with Gasteiger partial charge in [0.1, 0.15) is 11.6 Å². The van der Waals surface area contributed by atoms with Crippen LogP contribution in [-0.4, -0.2) is 16.6 Å². The highest BCUT2D eigenvalue weighted by molar-refractivity contribution is 7.13. The van der Waals surface area contributed by atoms with E-state index in [-0.39, 0.29) is 0 Å². The number of allylic oxidation sites excluding steroid dienone is 5. The van der Waals surface area contributed by atoms with Gasteiger partial charge < -0.3 is 10.1 Å². The average molecular weight is 418 g/mol. The fourth-order valence-electron chi connectivity index (χ4n) is 2.58. The topological polar surface area (TPSA) is 47.0 Å². The van der Waals surface area contributed by atoms with Crippen molar-refractivity contribution in [1.82, 2.24) is 9.97 Å². The Kier molecular flexibility index (Phi) is 9.24. The minimum absolute atomic E-state index is 0.607. The predicted octanol–water partition coefficient (Wildman–Crippen LogP) is 7.40. The van der Waals surface area contributed by atoms with E-state index in [9.17, 15) is 0 Å². The molecule has 4 nitrogen and oxygen atoms in total. The van der Waals surface area contributed by atoms with Gasteiger partial charge in [-0.1, -0.05) is 50.1 Å². The summed E-state index contributed by atoms with van der Waals surface area (Å²) in [5.74, 6) is 1.61. The molecule has 150 valence electrons. The summed E-state index contributed by atoms with van der Waals surface area (Å²) in [7, 11) is 0. The second kappa shape index (κ2) is 11.7. The van der Waals surface area contributed by atoms with E-state index in [0.717, 1.165) is 47.0 Å². The first-order chi connectivity index (χ1) is 13.6. The highest BCUT2D eigenvalue weighted by Gasteiger charge is 2.14. The lowest BCUT2D eigenvalue weighted by Gasteiger charge is -2.14. The van der Waals surface area contributed by atoms with Crippen LogP contribution in [0.3, 0.4) is 0 Å². The maximum absolute atomic E-state index is 6.18. The molecule has 0 bridgehead atoms. The van der Waals surface area contributed by atoms with Gasteiger partial charge in [0, 0.05) is 17.2 Å². The number of nitrogens with one attached hydrogen (secondary N) is 1. The third-order valence-electron chi connectivity index (χ3n) is 3.93. The number of nitrogens with zero attached hydrogens (tertiary/aromatic N) is 2. The van der Waals surface area contributed by atoms with Crippen molar-refractivity contribution < 1.29 is 4.74 Å². The van der Waals surface area contributed by atoms with Crippen LogP contribution in [0.2, 0.25) is 5.02 Å². The van der Waals surface area contributed by atoms with Crippen LogP contribution in [0.1, 0.15) is 52.7 Å². The van der Waals surface area contributed by atoms with Crippen molar-refractivity contribution in [2.45, 2.75) is 47.0 Å². The first-order valence-electron chi connectivity index (χ1n) is 9.60. The molecule has 2 aromatic rings. The molecule has 2 aromatic heterocycles. The highest BCUT2D eigenvalue weighted by atomic mass is 35.5. The molecule has 1 N–H and O–H groups in total. The normalized spacial score (nSPS) is 13.0. The molecule has 2 rings (SSSR count). The van der Waals surface area contributed by atoms with E-state index in [2.05, 4.69) is 43.2 Å². The Labute approximate surface area is 177 Å². The lowest BCUT2D eigenvalue weighted by molar-refractivity contribution is 0.216. The summed E-state index contributed by atoms with van der Waals surface area (Å²) in [5, 5.41) is 6.65. The van der Waals surface area contributed by atoms with Crippen LogP contribution in [0.5, 0.6) is 0 Å². The number of unbranched alkanes of at least 4 members (excludes halogenated alkanes) is 1. The second-order valence-corrected chi connectivity index (χ2v) is 7.56. The van der Waals surface area contributed by atoms with Crippen LogP contribution in [0.4, 0.5) is 10.9 Å². The van der Waals surface area contributed by atoms with E-state index in [1.165, 1.54) is 11.3 Å². The lowest BCUT2D eigenvalue weighted by Crippen LogP contribution is -2.01. The minimum atomic E-state index is 0.607. The van der Waals surface area contributed by atoms with Crippen LogP contribution in [0, 0.1) is 0 Å². The zero-order valence-corrected chi connectivity index (χ0v) is 18.5. The molecular formula is C22H28ClN3OS. The molecule has 6 heteroatoms. The van der Waals surface area contributed by atoms with E-state index in [0.29, 0.717) is 17.4 Å². The number of rotatable bonds is 10. The summed E-state index contributed by atoms with van der Waals surface area (Å²) in [5.41, 5.74) is 3.01. The van der Waals surface area contributed by atoms with Crippen LogP contribution >= 0.6 is 22.9 Å². The number of hydrogen-bond acceptors (Lipinski definition) is 5. The van der Waals surface area contributed by atoms with Crippen LogP contribution in [-0.2, 0) is 4.74 Å². The van der Waals surface area contributed by atoms with Crippen LogP contribution in [0.15, 0.2) is 53.3 Å².